The van der Waals surface area contributed by atoms with E-state index in [9.17, 15) is 0 Å². The standard InChI is InChI=1S/C12H23N3/c1-6-15-11(12(2,3)4)9-10(14-15)7-8-13-5/h9,13H,6-8H2,1-5H3. The van der Waals surface area contributed by atoms with Crippen molar-refractivity contribution < 1.29 is 0 Å². The maximum Gasteiger partial charge on any atom is 0.0640 e. The second-order valence-corrected chi connectivity index (χ2v) is 4.94. The number of aryl methyl sites for hydroxylation is 1. The first kappa shape index (κ1) is 12.2. The van der Waals surface area contributed by atoms with Crippen molar-refractivity contribution in [3.63, 3.8) is 0 Å². The summed E-state index contributed by atoms with van der Waals surface area (Å²) in [5.74, 6) is 0. The number of nitrogens with zero attached hydrogens (tertiary/aromatic N) is 2. The molecule has 0 atom stereocenters. The molecule has 0 amide bonds. The highest BCUT2D eigenvalue weighted by atomic mass is 15.3. The largest absolute Gasteiger partial charge is 0.319 e. The van der Waals surface area contributed by atoms with E-state index in [1.165, 1.54) is 11.4 Å². The highest BCUT2D eigenvalue weighted by Crippen LogP contribution is 2.23. The zero-order valence-electron chi connectivity index (χ0n) is 10.6. The SMILES string of the molecule is CCn1nc(CCNC)cc1C(C)(C)C. The molecule has 1 aromatic rings. The fraction of sp³-hybridized carbons (Fsp3) is 0.750. The van der Waals surface area contributed by atoms with Crippen LogP contribution in [0.1, 0.15) is 39.1 Å². The number of rotatable bonds is 4. The first-order valence-electron chi connectivity index (χ1n) is 5.71. The molecular weight excluding hydrogens is 186 g/mol. The summed E-state index contributed by atoms with van der Waals surface area (Å²) in [6.45, 7) is 10.8. The van der Waals surface area contributed by atoms with Crippen molar-refractivity contribution in [2.75, 3.05) is 13.6 Å². The van der Waals surface area contributed by atoms with Crippen molar-refractivity contribution in [3.8, 4) is 0 Å². The average Bonchev–Trinajstić information content (AvgIpc) is 2.57. The van der Waals surface area contributed by atoms with Gasteiger partial charge in [-0.2, -0.15) is 5.10 Å². The lowest BCUT2D eigenvalue weighted by molar-refractivity contribution is 0.496. The summed E-state index contributed by atoms with van der Waals surface area (Å²) in [4.78, 5) is 0. The lowest BCUT2D eigenvalue weighted by Gasteiger charge is -2.19. The first-order valence-corrected chi connectivity index (χ1v) is 5.71. The fourth-order valence-corrected chi connectivity index (χ4v) is 1.69. The third-order valence-electron chi connectivity index (χ3n) is 2.53. The number of hydrogen-bond acceptors (Lipinski definition) is 2. The van der Waals surface area contributed by atoms with E-state index in [4.69, 9.17) is 0 Å². The number of hydrogen-bond donors (Lipinski definition) is 1. The molecule has 0 spiro atoms. The molecule has 0 aliphatic rings. The second-order valence-electron chi connectivity index (χ2n) is 4.94. The van der Waals surface area contributed by atoms with Crippen LogP contribution in [0.2, 0.25) is 0 Å². The summed E-state index contributed by atoms with van der Waals surface area (Å²) in [6, 6.07) is 2.24. The van der Waals surface area contributed by atoms with E-state index >= 15 is 0 Å². The molecule has 0 saturated carbocycles. The molecule has 0 aromatic carbocycles. The summed E-state index contributed by atoms with van der Waals surface area (Å²) in [5.41, 5.74) is 2.70. The Hall–Kier alpha value is -0.830. The molecule has 0 bridgehead atoms. The van der Waals surface area contributed by atoms with Crippen molar-refractivity contribution in [2.24, 2.45) is 0 Å². The molecule has 1 N–H and O–H groups in total. The molecule has 3 nitrogen and oxygen atoms in total. The van der Waals surface area contributed by atoms with Crippen LogP contribution in [-0.2, 0) is 18.4 Å². The highest BCUT2D eigenvalue weighted by Gasteiger charge is 2.19. The van der Waals surface area contributed by atoms with Crippen LogP contribution >= 0.6 is 0 Å². The third kappa shape index (κ3) is 3.06. The Morgan fingerprint density at radius 3 is 2.47 bits per heavy atom. The molecule has 0 fully saturated rings. The van der Waals surface area contributed by atoms with Gasteiger partial charge in [-0.1, -0.05) is 20.8 Å². The Morgan fingerprint density at radius 1 is 1.40 bits per heavy atom. The van der Waals surface area contributed by atoms with Gasteiger partial charge in [0.05, 0.1) is 5.69 Å². The Bertz CT molecular complexity index is 307. The van der Waals surface area contributed by atoms with Gasteiger partial charge in [-0.3, -0.25) is 4.68 Å². The van der Waals surface area contributed by atoms with Gasteiger partial charge in [0.2, 0.25) is 0 Å². The summed E-state index contributed by atoms with van der Waals surface area (Å²) in [6.07, 6.45) is 1.01. The molecule has 1 aromatic heterocycles. The number of likely N-dealkylation sites (N-methyl/N-ethyl adjacent to an activating group) is 1. The molecule has 1 heterocycles. The zero-order chi connectivity index (χ0) is 11.5. The minimum Gasteiger partial charge on any atom is -0.319 e. The third-order valence-corrected chi connectivity index (χ3v) is 2.53. The highest BCUT2D eigenvalue weighted by molar-refractivity contribution is 5.18. The van der Waals surface area contributed by atoms with Crippen LogP contribution in [0.15, 0.2) is 6.07 Å². The zero-order valence-corrected chi connectivity index (χ0v) is 10.6. The summed E-state index contributed by atoms with van der Waals surface area (Å²) < 4.78 is 2.12. The molecule has 0 radical (unpaired) electrons. The van der Waals surface area contributed by atoms with Crippen LogP contribution in [0.5, 0.6) is 0 Å². The van der Waals surface area contributed by atoms with Crippen molar-refractivity contribution in [1.29, 1.82) is 0 Å². The number of aromatic nitrogens is 2. The van der Waals surface area contributed by atoms with Crippen molar-refractivity contribution in [3.05, 3.63) is 17.5 Å². The van der Waals surface area contributed by atoms with Gasteiger partial charge in [-0.25, -0.2) is 0 Å². The Kier molecular flexibility index (Phi) is 3.91. The summed E-state index contributed by atoms with van der Waals surface area (Å²) in [5, 5.41) is 7.76. The molecule has 15 heavy (non-hydrogen) atoms. The van der Waals surface area contributed by atoms with Crippen LogP contribution in [0.4, 0.5) is 0 Å². The minimum atomic E-state index is 0.181. The monoisotopic (exact) mass is 209 g/mol. The Balaban J connectivity index is 2.90. The topological polar surface area (TPSA) is 29.9 Å². The first-order chi connectivity index (χ1) is 6.99. The van der Waals surface area contributed by atoms with Gasteiger partial charge in [-0.05, 0) is 20.0 Å². The van der Waals surface area contributed by atoms with E-state index in [2.05, 4.69) is 48.9 Å². The molecule has 3 heteroatoms. The van der Waals surface area contributed by atoms with E-state index in [-0.39, 0.29) is 5.41 Å². The van der Waals surface area contributed by atoms with Gasteiger partial charge in [0.15, 0.2) is 0 Å². The van der Waals surface area contributed by atoms with Crippen LogP contribution in [-0.4, -0.2) is 23.4 Å². The molecule has 0 aliphatic heterocycles. The minimum absolute atomic E-state index is 0.181. The van der Waals surface area contributed by atoms with Crippen molar-refractivity contribution in [1.82, 2.24) is 15.1 Å². The molecule has 86 valence electrons. The summed E-state index contributed by atoms with van der Waals surface area (Å²) in [7, 11) is 1.97. The van der Waals surface area contributed by atoms with Crippen LogP contribution in [0.3, 0.4) is 0 Å². The van der Waals surface area contributed by atoms with Crippen LogP contribution in [0.25, 0.3) is 0 Å². The van der Waals surface area contributed by atoms with Crippen LogP contribution in [0, 0.1) is 0 Å². The van der Waals surface area contributed by atoms with Gasteiger partial charge < -0.3 is 5.32 Å². The van der Waals surface area contributed by atoms with Crippen LogP contribution < -0.4 is 5.32 Å². The fourth-order valence-electron chi connectivity index (χ4n) is 1.69. The van der Waals surface area contributed by atoms with E-state index < -0.39 is 0 Å². The maximum atomic E-state index is 4.61. The van der Waals surface area contributed by atoms with Crippen molar-refractivity contribution in [2.45, 2.75) is 46.1 Å². The van der Waals surface area contributed by atoms with E-state index in [0.717, 1.165) is 19.5 Å². The molecule has 0 saturated heterocycles. The predicted octanol–water partition coefficient (Wildman–Crippen LogP) is 1.96. The lowest BCUT2D eigenvalue weighted by atomic mass is 9.91. The quantitative estimate of drug-likeness (QED) is 0.821. The lowest BCUT2D eigenvalue weighted by Crippen LogP contribution is -2.17. The molecule has 1 rings (SSSR count). The Morgan fingerprint density at radius 2 is 2.07 bits per heavy atom. The van der Waals surface area contributed by atoms with E-state index in [1.807, 2.05) is 7.05 Å². The molecule has 0 aliphatic carbocycles. The average molecular weight is 209 g/mol. The van der Waals surface area contributed by atoms with E-state index in [1.54, 1.807) is 0 Å². The van der Waals surface area contributed by atoms with Gasteiger partial charge >= 0.3 is 0 Å². The normalized spacial score (nSPS) is 12.1. The van der Waals surface area contributed by atoms with E-state index in [0.29, 0.717) is 0 Å². The van der Waals surface area contributed by atoms with Crippen molar-refractivity contribution >= 4 is 0 Å². The van der Waals surface area contributed by atoms with Gasteiger partial charge in [-0.15, -0.1) is 0 Å². The van der Waals surface area contributed by atoms with Gasteiger partial charge in [0.25, 0.3) is 0 Å². The Labute approximate surface area is 92.9 Å². The van der Waals surface area contributed by atoms with Gasteiger partial charge in [0, 0.05) is 30.6 Å². The molecular formula is C12H23N3. The smallest absolute Gasteiger partial charge is 0.0640 e. The number of nitrogens with one attached hydrogen (secondary N) is 1. The maximum absolute atomic E-state index is 4.61. The second kappa shape index (κ2) is 4.79. The predicted molar refractivity (Wildman–Crippen MR) is 64.2 cm³/mol. The molecule has 0 unspecified atom stereocenters. The van der Waals surface area contributed by atoms with Gasteiger partial charge in [0.1, 0.15) is 0 Å². The summed E-state index contributed by atoms with van der Waals surface area (Å²) >= 11 is 0.